The Morgan fingerprint density at radius 2 is 1.88 bits per heavy atom. The van der Waals surface area contributed by atoms with Gasteiger partial charge in [0.1, 0.15) is 11.5 Å². The van der Waals surface area contributed by atoms with Crippen molar-refractivity contribution in [1.82, 2.24) is 30.4 Å². The van der Waals surface area contributed by atoms with Crippen LogP contribution in [0, 0.1) is 5.92 Å². The second-order valence-corrected chi connectivity index (χ2v) is 7.90. The minimum atomic E-state index is -4.40. The van der Waals surface area contributed by atoms with Gasteiger partial charge in [0.25, 0.3) is 5.91 Å². The van der Waals surface area contributed by atoms with E-state index in [1.807, 2.05) is 13.8 Å². The highest BCUT2D eigenvalue weighted by Gasteiger charge is 2.37. The number of aromatic amines is 1. The fourth-order valence-electron chi connectivity index (χ4n) is 3.13. The van der Waals surface area contributed by atoms with Crippen LogP contribution in [0.15, 0.2) is 30.5 Å². The minimum absolute atomic E-state index is 0.0486. The fraction of sp³-hybridized carbons (Fsp3) is 0.429. The van der Waals surface area contributed by atoms with Crippen molar-refractivity contribution in [2.75, 3.05) is 0 Å². The zero-order valence-corrected chi connectivity index (χ0v) is 18.0. The van der Waals surface area contributed by atoms with E-state index < -0.39 is 24.4 Å². The Balaban J connectivity index is 1.58. The van der Waals surface area contributed by atoms with Crippen LogP contribution in [0.25, 0.3) is 11.0 Å². The molecule has 1 aromatic carbocycles. The van der Waals surface area contributed by atoms with E-state index in [0.717, 1.165) is 6.92 Å². The lowest BCUT2D eigenvalue weighted by Gasteiger charge is -2.15. The molecule has 11 heteroatoms. The highest BCUT2D eigenvalue weighted by Crippen LogP contribution is 2.28. The molecular formula is C21H25F3N6O2. The average molecular weight is 450 g/mol. The van der Waals surface area contributed by atoms with Crippen LogP contribution in [-0.2, 0) is 17.9 Å². The summed E-state index contributed by atoms with van der Waals surface area (Å²) in [5, 5.41) is 9.45. The number of rotatable bonds is 8. The molecule has 0 aliphatic rings. The highest BCUT2D eigenvalue weighted by atomic mass is 19.4. The average Bonchev–Trinajstić information content (AvgIpc) is 3.36. The maximum absolute atomic E-state index is 12.6. The number of carbonyl (C=O) groups excluding carboxylic acids is 2. The summed E-state index contributed by atoms with van der Waals surface area (Å²) in [6.07, 6.45) is -3.44. The zero-order chi connectivity index (χ0) is 23.5. The van der Waals surface area contributed by atoms with Crippen LogP contribution < -0.4 is 10.6 Å². The van der Waals surface area contributed by atoms with Gasteiger partial charge in [0.15, 0.2) is 0 Å². The molecule has 0 fully saturated rings. The van der Waals surface area contributed by atoms with Crippen LogP contribution in [0.4, 0.5) is 13.2 Å². The van der Waals surface area contributed by atoms with E-state index >= 15 is 0 Å². The lowest BCUT2D eigenvalue weighted by molar-refractivity contribution is -0.174. The number of amides is 2. The van der Waals surface area contributed by atoms with Gasteiger partial charge in [-0.25, -0.2) is 4.98 Å². The second kappa shape index (κ2) is 9.41. The fourth-order valence-corrected chi connectivity index (χ4v) is 3.13. The van der Waals surface area contributed by atoms with Crippen molar-refractivity contribution in [3.63, 3.8) is 0 Å². The molecule has 3 aromatic rings. The first kappa shape index (κ1) is 23.3. The van der Waals surface area contributed by atoms with Gasteiger partial charge in [-0.15, -0.1) is 0 Å². The lowest BCUT2D eigenvalue weighted by atomic mass is 10.1. The van der Waals surface area contributed by atoms with Gasteiger partial charge in [-0.2, -0.15) is 18.3 Å². The standard InChI is InChI=1S/C21H25F3N6O2/c1-12(2)30-17(6-7-27-30)20(32)26-11-18-28-15-5-4-14(9-16(15)29-18)10-25-19(31)8-13(3)21(22,23)24/h4-7,9,12-13H,8,10-11H2,1-3H3,(H,25,31)(H,26,32)(H,28,29). The summed E-state index contributed by atoms with van der Waals surface area (Å²) in [6, 6.07) is 6.93. The van der Waals surface area contributed by atoms with Crippen LogP contribution in [0.1, 0.15) is 55.1 Å². The number of benzene rings is 1. The Kier molecular flexibility index (Phi) is 6.85. The predicted molar refractivity (Wildman–Crippen MR) is 112 cm³/mol. The Morgan fingerprint density at radius 1 is 1.12 bits per heavy atom. The molecule has 0 spiro atoms. The largest absolute Gasteiger partial charge is 0.392 e. The normalized spacial score (nSPS) is 12.8. The van der Waals surface area contributed by atoms with E-state index in [1.165, 1.54) is 0 Å². The molecule has 2 heterocycles. The lowest BCUT2D eigenvalue weighted by Crippen LogP contribution is -2.29. The van der Waals surface area contributed by atoms with Crippen molar-refractivity contribution in [3.05, 3.63) is 47.5 Å². The molecule has 8 nitrogen and oxygen atoms in total. The van der Waals surface area contributed by atoms with E-state index in [4.69, 9.17) is 0 Å². The maximum Gasteiger partial charge on any atom is 0.392 e. The van der Waals surface area contributed by atoms with Gasteiger partial charge < -0.3 is 15.6 Å². The van der Waals surface area contributed by atoms with Crippen LogP contribution in [-0.4, -0.2) is 37.7 Å². The van der Waals surface area contributed by atoms with E-state index in [0.29, 0.717) is 28.1 Å². The topological polar surface area (TPSA) is 105 Å². The molecule has 172 valence electrons. The molecule has 1 atom stereocenters. The Labute approximate surface area is 182 Å². The molecule has 0 radical (unpaired) electrons. The quantitative estimate of drug-likeness (QED) is 0.489. The van der Waals surface area contributed by atoms with Crippen molar-refractivity contribution in [3.8, 4) is 0 Å². The molecular weight excluding hydrogens is 425 g/mol. The van der Waals surface area contributed by atoms with Gasteiger partial charge in [-0.1, -0.05) is 13.0 Å². The monoisotopic (exact) mass is 450 g/mol. The third-order valence-electron chi connectivity index (χ3n) is 4.94. The smallest absolute Gasteiger partial charge is 0.352 e. The maximum atomic E-state index is 12.6. The Bertz CT molecular complexity index is 1100. The molecule has 0 aliphatic heterocycles. The molecule has 2 aromatic heterocycles. The first-order valence-corrected chi connectivity index (χ1v) is 10.2. The first-order valence-electron chi connectivity index (χ1n) is 10.2. The number of imidazole rings is 1. The summed E-state index contributed by atoms with van der Waals surface area (Å²) in [4.78, 5) is 31.7. The molecule has 2 amide bonds. The summed E-state index contributed by atoms with van der Waals surface area (Å²) in [5.74, 6) is -2.09. The third-order valence-corrected chi connectivity index (χ3v) is 4.94. The zero-order valence-electron chi connectivity index (χ0n) is 18.0. The van der Waals surface area contributed by atoms with Crippen molar-refractivity contribution >= 4 is 22.8 Å². The van der Waals surface area contributed by atoms with Crippen molar-refractivity contribution in [2.24, 2.45) is 5.92 Å². The van der Waals surface area contributed by atoms with Gasteiger partial charge in [-0.3, -0.25) is 14.3 Å². The van der Waals surface area contributed by atoms with Gasteiger partial charge in [0, 0.05) is 25.2 Å². The molecule has 32 heavy (non-hydrogen) atoms. The molecule has 0 saturated heterocycles. The van der Waals surface area contributed by atoms with E-state index in [2.05, 4.69) is 25.7 Å². The summed E-state index contributed by atoms with van der Waals surface area (Å²) >= 11 is 0. The molecule has 0 saturated carbocycles. The molecule has 3 rings (SSSR count). The molecule has 3 N–H and O–H groups in total. The number of halogens is 3. The summed E-state index contributed by atoms with van der Waals surface area (Å²) in [7, 11) is 0. The summed E-state index contributed by atoms with van der Waals surface area (Å²) in [5.41, 5.74) is 2.53. The van der Waals surface area contributed by atoms with Crippen LogP contribution in [0.5, 0.6) is 0 Å². The molecule has 0 bridgehead atoms. The number of aromatic nitrogens is 4. The summed E-state index contributed by atoms with van der Waals surface area (Å²) in [6.45, 7) is 5.12. The first-order chi connectivity index (χ1) is 15.0. The molecule has 1 unspecified atom stereocenters. The van der Waals surface area contributed by atoms with E-state index in [1.54, 1.807) is 35.1 Å². The number of nitrogens with one attached hydrogen (secondary N) is 3. The number of alkyl halides is 3. The number of carbonyl (C=O) groups is 2. The Morgan fingerprint density at radius 3 is 2.56 bits per heavy atom. The van der Waals surface area contributed by atoms with Gasteiger partial charge in [-0.05, 0) is 37.6 Å². The van der Waals surface area contributed by atoms with Gasteiger partial charge in [0.05, 0.1) is 23.5 Å². The SMILES string of the molecule is CC(C)n1nccc1C(=O)NCc1nc2ccc(CNC(=O)CC(C)C(F)(F)F)cc2[nH]1. The minimum Gasteiger partial charge on any atom is -0.352 e. The van der Waals surface area contributed by atoms with Crippen molar-refractivity contribution < 1.29 is 22.8 Å². The predicted octanol–water partition coefficient (Wildman–Crippen LogP) is 3.48. The van der Waals surface area contributed by atoms with Gasteiger partial charge >= 0.3 is 6.18 Å². The van der Waals surface area contributed by atoms with Gasteiger partial charge in [0.2, 0.25) is 5.91 Å². The van der Waals surface area contributed by atoms with Crippen molar-refractivity contribution in [2.45, 2.75) is 52.5 Å². The number of hydrogen-bond acceptors (Lipinski definition) is 4. The number of nitrogens with zero attached hydrogens (tertiary/aromatic N) is 3. The van der Waals surface area contributed by atoms with E-state index in [-0.39, 0.29) is 25.0 Å². The number of fused-ring (bicyclic) bond motifs is 1. The van der Waals surface area contributed by atoms with Crippen LogP contribution in [0.2, 0.25) is 0 Å². The highest BCUT2D eigenvalue weighted by molar-refractivity contribution is 5.92. The van der Waals surface area contributed by atoms with Crippen LogP contribution in [0.3, 0.4) is 0 Å². The summed E-state index contributed by atoms with van der Waals surface area (Å²) < 4.78 is 39.4. The second-order valence-electron chi connectivity index (χ2n) is 7.90. The van der Waals surface area contributed by atoms with Crippen molar-refractivity contribution in [1.29, 1.82) is 0 Å². The Hall–Kier alpha value is -3.37. The van der Waals surface area contributed by atoms with Crippen LogP contribution >= 0.6 is 0 Å². The number of H-pyrrole nitrogens is 1. The van der Waals surface area contributed by atoms with E-state index in [9.17, 15) is 22.8 Å². The molecule has 0 aliphatic carbocycles. The third kappa shape index (κ3) is 5.65. The number of hydrogen-bond donors (Lipinski definition) is 3.